The highest BCUT2D eigenvalue weighted by atomic mass is 14.2. The van der Waals surface area contributed by atoms with Crippen LogP contribution in [0.4, 0.5) is 0 Å². The van der Waals surface area contributed by atoms with Crippen molar-refractivity contribution in [3.8, 4) is 0 Å². The Hall–Kier alpha value is -1.04. The summed E-state index contributed by atoms with van der Waals surface area (Å²) in [5.41, 5.74) is 6.41. The summed E-state index contributed by atoms with van der Waals surface area (Å²) in [6.07, 6.45) is 14.0. The Balaban J connectivity index is 2.07. The summed E-state index contributed by atoms with van der Waals surface area (Å²) in [5.74, 6) is 0. The second-order valence-electron chi connectivity index (χ2n) is 4.80. The molecule has 0 aliphatic heterocycles. The van der Waals surface area contributed by atoms with Crippen LogP contribution in [0.2, 0.25) is 0 Å². The third-order valence-electron chi connectivity index (χ3n) is 3.79. The summed E-state index contributed by atoms with van der Waals surface area (Å²) in [4.78, 5) is 0. The third kappa shape index (κ3) is 1.62. The average molecular weight is 198 g/mol. The first-order chi connectivity index (χ1) is 7.45. The Morgan fingerprint density at radius 2 is 1.60 bits per heavy atom. The van der Waals surface area contributed by atoms with Crippen LogP contribution in [0.3, 0.4) is 0 Å². The molecule has 0 saturated carbocycles. The number of hydrogen-bond donors (Lipinski definition) is 0. The van der Waals surface area contributed by atoms with Crippen molar-refractivity contribution in [2.45, 2.75) is 44.9 Å². The van der Waals surface area contributed by atoms with Gasteiger partial charge in [0.1, 0.15) is 0 Å². The molecule has 0 bridgehead atoms. The summed E-state index contributed by atoms with van der Waals surface area (Å²) in [5, 5.41) is 0. The number of aryl methyl sites for hydroxylation is 1. The molecule has 0 saturated heterocycles. The van der Waals surface area contributed by atoms with Gasteiger partial charge in [-0.05, 0) is 54.4 Å². The van der Waals surface area contributed by atoms with Crippen molar-refractivity contribution >= 4 is 6.08 Å². The van der Waals surface area contributed by atoms with Crippen LogP contribution in [0.15, 0.2) is 18.2 Å². The molecule has 0 fully saturated rings. The molecule has 1 aromatic rings. The molecule has 78 valence electrons. The predicted molar refractivity (Wildman–Crippen MR) is 65.1 cm³/mol. The average Bonchev–Trinajstić information content (AvgIpc) is 2.65. The fourth-order valence-corrected chi connectivity index (χ4v) is 2.95. The Morgan fingerprint density at radius 3 is 2.53 bits per heavy atom. The van der Waals surface area contributed by atoms with Crippen molar-refractivity contribution in [2.24, 2.45) is 0 Å². The summed E-state index contributed by atoms with van der Waals surface area (Å²) >= 11 is 0. The number of benzene rings is 1. The molecule has 0 atom stereocenters. The van der Waals surface area contributed by atoms with Crippen LogP contribution < -0.4 is 0 Å². The molecule has 15 heavy (non-hydrogen) atoms. The highest BCUT2D eigenvalue weighted by Gasteiger charge is 2.14. The van der Waals surface area contributed by atoms with Gasteiger partial charge in [-0.15, -0.1) is 0 Å². The van der Waals surface area contributed by atoms with Gasteiger partial charge in [-0.25, -0.2) is 0 Å². The summed E-state index contributed by atoms with van der Waals surface area (Å²) in [7, 11) is 0. The second-order valence-corrected chi connectivity index (χ2v) is 4.80. The van der Waals surface area contributed by atoms with Gasteiger partial charge in [0.05, 0.1) is 0 Å². The lowest BCUT2D eigenvalue weighted by molar-refractivity contribution is 0.616. The minimum absolute atomic E-state index is 1.16. The molecule has 0 nitrogen and oxygen atoms in total. The number of fused-ring (bicyclic) bond motifs is 3. The van der Waals surface area contributed by atoms with Gasteiger partial charge >= 0.3 is 0 Å². The number of rotatable bonds is 0. The van der Waals surface area contributed by atoms with Gasteiger partial charge in [0.2, 0.25) is 0 Å². The van der Waals surface area contributed by atoms with Crippen LogP contribution in [0.5, 0.6) is 0 Å². The van der Waals surface area contributed by atoms with Gasteiger partial charge in [-0.2, -0.15) is 0 Å². The fourth-order valence-electron chi connectivity index (χ4n) is 2.95. The zero-order valence-electron chi connectivity index (χ0n) is 9.26. The minimum Gasteiger partial charge on any atom is -0.0795 e. The molecule has 0 radical (unpaired) electrons. The van der Waals surface area contributed by atoms with E-state index in [2.05, 4.69) is 24.3 Å². The number of hydrogen-bond acceptors (Lipinski definition) is 0. The molecule has 2 aliphatic rings. The Labute approximate surface area is 92.0 Å². The van der Waals surface area contributed by atoms with Gasteiger partial charge in [0.15, 0.2) is 0 Å². The predicted octanol–water partition coefficient (Wildman–Crippen LogP) is 3.91. The van der Waals surface area contributed by atoms with Crippen LogP contribution >= 0.6 is 0 Å². The molecule has 0 unspecified atom stereocenters. The largest absolute Gasteiger partial charge is 0.0795 e. The first kappa shape index (κ1) is 9.21. The van der Waals surface area contributed by atoms with E-state index < -0.39 is 0 Å². The van der Waals surface area contributed by atoms with E-state index in [1.54, 1.807) is 22.3 Å². The maximum Gasteiger partial charge on any atom is -0.00881 e. The molecule has 0 amide bonds. The van der Waals surface area contributed by atoms with E-state index in [0.717, 1.165) is 6.42 Å². The molecule has 2 aliphatic carbocycles. The van der Waals surface area contributed by atoms with Crippen molar-refractivity contribution < 1.29 is 0 Å². The van der Waals surface area contributed by atoms with E-state index in [-0.39, 0.29) is 0 Å². The van der Waals surface area contributed by atoms with E-state index in [9.17, 15) is 0 Å². The van der Waals surface area contributed by atoms with Crippen LogP contribution in [-0.2, 0) is 19.3 Å². The van der Waals surface area contributed by atoms with E-state index in [1.165, 1.54) is 38.5 Å². The van der Waals surface area contributed by atoms with E-state index in [0.29, 0.717) is 0 Å². The van der Waals surface area contributed by atoms with Crippen molar-refractivity contribution in [2.75, 3.05) is 0 Å². The normalized spacial score (nSPS) is 19.2. The molecule has 0 heterocycles. The Bertz CT molecular complexity index is 399. The minimum atomic E-state index is 1.16. The molecular weight excluding hydrogens is 180 g/mol. The molecular formula is C15H18. The molecule has 0 heteroatoms. The fraction of sp³-hybridized carbons (Fsp3) is 0.467. The monoisotopic (exact) mass is 198 g/mol. The SMILES string of the molecule is C1=Cc2c(ccc3c2CCCCCC3)C1. The number of allylic oxidation sites excluding steroid dienone is 1. The lowest BCUT2D eigenvalue weighted by Gasteiger charge is -2.17. The van der Waals surface area contributed by atoms with Crippen molar-refractivity contribution in [1.82, 2.24) is 0 Å². The summed E-state index contributed by atoms with van der Waals surface area (Å²) in [6, 6.07) is 4.72. The van der Waals surface area contributed by atoms with E-state index >= 15 is 0 Å². The van der Waals surface area contributed by atoms with Crippen LogP contribution in [-0.4, -0.2) is 0 Å². The molecule has 0 spiro atoms. The lowest BCUT2D eigenvalue weighted by Crippen LogP contribution is -2.03. The quantitative estimate of drug-likeness (QED) is 0.593. The highest BCUT2D eigenvalue weighted by molar-refractivity contribution is 5.65. The maximum absolute atomic E-state index is 2.38. The first-order valence-corrected chi connectivity index (χ1v) is 6.25. The molecule has 3 rings (SSSR count). The van der Waals surface area contributed by atoms with Crippen molar-refractivity contribution in [1.29, 1.82) is 0 Å². The maximum atomic E-state index is 2.38. The van der Waals surface area contributed by atoms with Crippen LogP contribution in [0.25, 0.3) is 6.08 Å². The van der Waals surface area contributed by atoms with Gasteiger partial charge in [-0.1, -0.05) is 37.1 Å². The van der Waals surface area contributed by atoms with E-state index in [1.807, 2.05) is 0 Å². The van der Waals surface area contributed by atoms with Gasteiger partial charge in [-0.3, -0.25) is 0 Å². The zero-order chi connectivity index (χ0) is 10.1. The summed E-state index contributed by atoms with van der Waals surface area (Å²) < 4.78 is 0. The van der Waals surface area contributed by atoms with Crippen LogP contribution in [0, 0.1) is 0 Å². The van der Waals surface area contributed by atoms with Crippen molar-refractivity contribution in [3.05, 3.63) is 40.5 Å². The topological polar surface area (TPSA) is 0 Å². The van der Waals surface area contributed by atoms with Gasteiger partial charge < -0.3 is 0 Å². The standard InChI is InChI=1S/C15H18/c1-2-4-8-14-12(6-3-1)10-11-13-7-5-9-15(13)14/h5,9-11H,1-4,6-8H2. The Morgan fingerprint density at radius 1 is 0.800 bits per heavy atom. The molecule has 0 N–H and O–H groups in total. The van der Waals surface area contributed by atoms with Gasteiger partial charge in [0.25, 0.3) is 0 Å². The first-order valence-electron chi connectivity index (χ1n) is 6.25. The van der Waals surface area contributed by atoms with E-state index in [4.69, 9.17) is 0 Å². The third-order valence-corrected chi connectivity index (χ3v) is 3.79. The second kappa shape index (κ2) is 3.84. The Kier molecular flexibility index (Phi) is 2.36. The van der Waals surface area contributed by atoms with Crippen molar-refractivity contribution in [3.63, 3.8) is 0 Å². The molecule has 1 aromatic carbocycles. The molecule has 0 aromatic heterocycles. The zero-order valence-corrected chi connectivity index (χ0v) is 9.26. The highest BCUT2D eigenvalue weighted by Crippen LogP contribution is 2.30. The van der Waals surface area contributed by atoms with Crippen LogP contribution in [0.1, 0.15) is 47.9 Å². The van der Waals surface area contributed by atoms with Gasteiger partial charge in [0, 0.05) is 0 Å². The smallest absolute Gasteiger partial charge is 0.00881 e. The lowest BCUT2D eigenvalue weighted by atomic mass is 9.88. The summed E-state index contributed by atoms with van der Waals surface area (Å²) in [6.45, 7) is 0.